The number of nitrogens with zero attached hydrogens (tertiary/aromatic N) is 1. The molecule has 0 unspecified atom stereocenters. The Balaban J connectivity index is 1.65. The molecule has 3 aliphatic rings. The van der Waals surface area contributed by atoms with Gasteiger partial charge in [0, 0.05) is 36.7 Å². The van der Waals surface area contributed by atoms with Crippen molar-refractivity contribution in [3.05, 3.63) is 47.5 Å². The molecule has 3 aliphatic heterocycles. The molecular weight excluding hydrogens is 478 g/mol. The number of rotatable bonds is 4. The van der Waals surface area contributed by atoms with Crippen molar-refractivity contribution >= 4 is 17.7 Å². The Hall–Kier alpha value is -3.95. The molecule has 0 spiro atoms. The van der Waals surface area contributed by atoms with Gasteiger partial charge in [-0.05, 0) is 36.2 Å². The highest BCUT2D eigenvalue weighted by Gasteiger charge is 2.38. The van der Waals surface area contributed by atoms with Crippen molar-refractivity contribution in [2.24, 2.45) is 5.92 Å². The summed E-state index contributed by atoms with van der Waals surface area (Å²) in [5.41, 5.74) is 1.12. The zero-order valence-electron chi connectivity index (χ0n) is 21.5. The third-order valence-electron chi connectivity index (χ3n) is 6.32. The van der Waals surface area contributed by atoms with Gasteiger partial charge >= 0.3 is 0 Å². The van der Waals surface area contributed by atoms with Gasteiger partial charge in [0.2, 0.25) is 5.91 Å². The molecule has 0 saturated carbocycles. The zero-order valence-corrected chi connectivity index (χ0v) is 21.5. The lowest BCUT2D eigenvalue weighted by Crippen LogP contribution is -2.46. The number of carbonyl (C=O) groups is 3. The number of nitrogens with one attached hydrogen (secondary N) is 2. The maximum atomic E-state index is 12.9. The van der Waals surface area contributed by atoms with Gasteiger partial charge in [-0.3, -0.25) is 14.4 Å². The first kappa shape index (κ1) is 26.1. The summed E-state index contributed by atoms with van der Waals surface area (Å²) in [6.45, 7) is 4.59. The molecule has 198 valence electrons. The molecule has 3 amide bonds. The molecule has 2 N–H and O–H groups in total. The van der Waals surface area contributed by atoms with Crippen LogP contribution in [-0.4, -0.2) is 68.7 Å². The maximum absolute atomic E-state index is 12.9. The van der Waals surface area contributed by atoms with E-state index in [4.69, 9.17) is 18.9 Å². The van der Waals surface area contributed by atoms with Crippen LogP contribution in [0.2, 0.25) is 0 Å². The summed E-state index contributed by atoms with van der Waals surface area (Å²) in [4.78, 5) is 40.2. The van der Waals surface area contributed by atoms with Gasteiger partial charge in [-0.15, -0.1) is 0 Å². The Labute approximate surface area is 216 Å². The Morgan fingerprint density at radius 3 is 2.59 bits per heavy atom. The lowest BCUT2D eigenvalue weighted by atomic mass is 10.1. The minimum Gasteiger partial charge on any atom is -0.496 e. The van der Waals surface area contributed by atoms with E-state index in [1.54, 1.807) is 36.3 Å². The van der Waals surface area contributed by atoms with E-state index in [2.05, 4.69) is 10.6 Å². The molecule has 3 heterocycles. The van der Waals surface area contributed by atoms with Crippen LogP contribution in [0.5, 0.6) is 23.0 Å². The summed E-state index contributed by atoms with van der Waals surface area (Å²) in [5.74, 6) is 1.28. The fourth-order valence-corrected chi connectivity index (χ4v) is 4.43. The first-order chi connectivity index (χ1) is 17.8. The fraction of sp³-hybridized carbons (Fsp3) is 0.444. The standard InChI is InChI=1S/C27H33N3O7/c1-16(2)9-26(32)30-13-20-24(14-30)37-19-7-5-18(22(11-19)35-4)12-28-27(33)17-6-8-21(34-3)23(10-17)36-15-25(31)29-20/h5-8,10-11,16,20,24H,9,12-15H2,1-4H3,(H,28,33)(H,29,31)/t20-,24-/m1/s1. The topological polar surface area (TPSA) is 115 Å². The van der Waals surface area contributed by atoms with Crippen LogP contribution in [0.1, 0.15) is 36.2 Å². The van der Waals surface area contributed by atoms with Gasteiger partial charge in [0.1, 0.15) is 17.6 Å². The Morgan fingerprint density at radius 2 is 1.86 bits per heavy atom. The molecule has 37 heavy (non-hydrogen) atoms. The number of hydrogen-bond donors (Lipinski definition) is 2. The number of hydrogen-bond acceptors (Lipinski definition) is 7. The van der Waals surface area contributed by atoms with Crippen LogP contribution in [0, 0.1) is 5.92 Å². The SMILES string of the molecule is COc1cc2ccc1CNC(=O)c1ccc(OC)c(c1)OCC(=O)N[C@@H]1CN(C(=O)CC(C)C)C[C@H]1O2. The number of carbonyl (C=O) groups excluding carboxylic acids is 3. The van der Waals surface area contributed by atoms with Crippen molar-refractivity contribution in [3.63, 3.8) is 0 Å². The highest BCUT2D eigenvalue weighted by Crippen LogP contribution is 2.30. The Bertz CT molecular complexity index is 1170. The van der Waals surface area contributed by atoms with Gasteiger partial charge in [0.25, 0.3) is 11.8 Å². The van der Waals surface area contributed by atoms with E-state index in [0.29, 0.717) is 42.3 Å². The highest BCUT2D eigenvalue weighted by molar-refractivity contribution is 5.95. The van der Waals surface area contributed by atoms with E-state index in [9.17, 15) is 14.4 Å². The van der Waals surface area contributed by atoms with Gasteiger partial charge < -0.3 is 34.5 Å². The summed E-state index contributed by atoms with van der Waals surface area (Å²) in [5, 5.41) is 5.83. The molecule has 2 atom stereocenters. The minimum absolute atomic E-state index is 0.0176. The van der Waals surface area contributed by atoms with Crippen LogP contribution in [0.15, 0.2) is 36.4 Å². The van der Waals surface area contributed by atoms with E-state index in [0.717, 1.165) is 5.56 Å². The quantitative estimate of drug-likeness (QED) is 0.646. The number of fused-ring (bicyclic) bond motifs is 7. The maximum Gasteiger partial charge on any atom is 0.258 e. The van der Waals surface area contributed by atoms with Crippen molar-refractivity contribution in [2.45, 2.75) is 39.0 Å². The van der Waals surface area contributed by atoms with Gasteiger partial charge in [-0.25, -0.2) is 0 Å². The van der Waals surface area contributed by atoms with E-state index >= 15 is 0 Å². The number of ether oxygens (including phenoxy) is 4. The second-order valence-corrected chi connectivity index (χ2v) is 9.54. The molecular formula is C27H33N3O7. The molecule has 2 aromatic carbocycles. The van der Waals surface area contributed by atoms with E-state index in [-0.39, 0.29) is 42.5 Å². The Kier molecular flexibility index (Phi) is 8.05. The predicted molar refractivity (Wildman–Crippen MR) is 135 cm³/mol. The molecule has 0 aliphatic carbocycles. The smallest absolute Gasteiger partial charge is 0.258 e. The monoisotopic (exact) mass is 511 g/mol. The minimum atomic E-state index is -0.469. The largest absolute Gasteiger partial charge is 0.496 e. The lowest BCUT2D eigenvalue weighted by Gasteiger charge is -2.22. The number of amides is 3. The van der Waals surface area contributed by atoms with E-state index in [1.165, 1.54) is 13.2 Å². The molecule has 1 fully saturated rings. The molecule has 2 aromatic rings. The molecule has 4 bridgehead atoms. The van der Waals surface area contributed by atoms with Gasteiger partial charge in [0.15, 0.2) is 18.1 Å². The first-order valence-electron chi connectivity index (χ1n) is 12.3. The number of methoxy groups -OCH3 is 2. The third kappa shape index (κ3) is 6.25. The summed E-state index contributed by atoms with van der Waals surface area (Å²) in [6.07, 6.45) is -0.0511. The average Bonchev–Trinajstić information content (AvgIpc) is 3.27. The van der Waals surface area contributed by atoms with Crippen molar-refractivity contribution in [2.75, 3.05) is 33.9 Å². The number of likely N-dealkylation sites (tertiary alicyclic amines) is 1. The Morgan fingerprint density at radius 1 is 1.08 bits per heavy atom. The van der Waals surface area contributed by atoms with E-state index < -0.39 is 12.1 Å². The summed E-state index contributed by atoms with van der Waals surface area (Å²) in [6, 6.07) is 9.68. The van der Waals surface area contributed by atoms with Gasteiger partial charge in [-0.2, -0.15) is 0 Å². The van der Waals surface area contributed by atoms with Crippen LogP contribution in [0.25, 0.3) is 0 Å². The predicted octanol–water partition coefficient (Wildman–Crippen LogP) is 2.15. The van der Waals surface area contributed by atoms with Crippen molar-refractivity contribution < 1.29 is 33.3 Å². The molecule has 5 rings (SSSR count). The van der Waals surface area contributed by atoms with Crippen LogP contribution in [0.4, 0.5) is 0 Å². The molecule has 10 heteroatoms. The summed E-state index contributed by atoms with van der Waals surface area (Å²) >= 11 is 0. The molecule has 0 radical (unpaired) electrons. The fourth-order valence-electron chi connectivity index (χ4n) is 4.43. The summed E-state index contributed by atoms with van der Waals surface area (Å²) in [7, 11) is 3.03. The van der Waals surface area contributed by atoms with Crippen LogP contribution < -0.4 is 29.6 Å². The zero-order chi connectivity index (χ0) is 26.5. The van der Waals surface area contributed by atoms with E-state index in [1.807, 2.05) is 19.9 Å². The second kappa shape index (κ2) is 11.4. The van der Waals surface area contributed by atoms with Crippen LogP contribution in [-0.2, 0) is 16.1 Å². The second-order valence-electron chi connectivity index (χ2n) is 9.54. The van der Waals surface area contributed by atoms with Crippen molar-refractivity contribution in [1.82, 2.24) is 15.5 Å². The van der Waals surface area contributed by atoms with Crippen LogP contribution >= 0.6 is 0 Å². The molecule has 0 aromatic heterocycles. The first-order valence-corrected chi connectivity index (χ1v) is 12.3. The molecule has 10 nitrogen and oxygen atoms in total. The highest BCUT2D eigenvalue weighted by atomic mass is 16.5. The average molecular weight is 512 g/mol. The van der Waals surface area contributed by atoms with Gasteiger partial charge in [-0.1, -0.05) is 13.8 Å². The van der Waals surface area contributed by atoms with Crippen LogP contribution in [0.3, 0.4) is 0 Å². The third-order valence-corrected chi connectivity index (χ3v) is 6.32. The van der Waals surface area contributed by atoms with Crippen molar-refractivity contribution in [1.29, 1.82) is 0 Å². The normalized spacial score (nSPS) is 19.8. The van der Waals surface area contributed by atoms with Crippen molar-refractivity contribution in [3.8, 4) is 23.0 Å². The number of benzene rings is 2. The lowest BCUT2D eigenvalue weighted by molar-refractivity contribution is -0.131. The summed E-state index contributed by atoms with van der Waals surface area (Å²) < 4.78 is 22.9. The van der Waals surface area contributed by atoms with Gasteiger partial charge in [0.05, 0.1) is 26.8 Å². The molecule has 1 saturated heterocycles.